The van der Waals surface area contributed by atoms with Gasteiger partial charge in [0, 0.05) is 24.2 Å². The molecule has 2 aromatic carbocycles. The van der Waals surface area contributed by atoms with Crippen molar-refractivity contribution in [2.24, 2.45) is 0 Å². The lowest BCUT2D eigenvalue weighted by Crippen LogP contribution is -2.20. The van der Waals surface area contributed by atoms with Crippen molar-refractivity contribution in [2.45, 2.75) is 12.7 Å². The molecule has 0 radical (unpaired) electrons. The molecule has 1 N–H and O–H groups in total. The number of alkyl halides is 3. The lowest BCUT2D eigenvalue weighted by molar-refractivity contribution is -0.137. The molecule has 0 bridgehead atoms. The Labute approximate surface area is 148 Å². The van der Waals surface area contributed by atoms with Gasteiger partial charge in [0.1, 0.15) is 5.56 Å². The maximum atomic E-state index is 13.6. The van der Waals surface area contributed by atoms with Crippen LogP contribution >= 0.6 is 0 Å². The Balaban J connectivity index is 2.22. The van der Waals surface area contributed by atoms with Crippen LogP contribution in [0.25, 0.3) is 10.9 Å². The van der Waals surface area contributed by atoms with E-state index in [1.807, 2.05) is 0 Å². The summed E-state index contributed by atoms with van der Waals surface area (Å²) in [4.78, 5) is 23.5. The fourth-order valence-electron chi connectivity index (χ4n) is 2.71. The Morgan fingerprint density at radius 1 is 1.07 bits per heavy atom. The average Bonchev–Trinajstić information content (AvgIpc) is 2.58. The first-order chi connectivity index (χ1) is 12.6. The summed E-state index contributed by atoms with van der Waals surface area (Å²) in [7, 11) is 0. The van der Waals surface area contributed by atoms with Crippen LogP contribution in [0.2, 0.25) is 0 Å². The van der Waals surface area contributed by atoms with Gasteiger partial charge >= 0.3 is 12.1 Å². The summed E-state index contributed by atoms with van der Waals surface area (Å²) in [5.41, 5.74) is -2.64. The standard InChI is InChI=1S/C18H10F5NO3/c19-13-5-11-15(6-14(13)20)24(8-12(16(11)25)17(26)27)7-9-2-1-3-10(4-9)18(21,22)23/h1-6,8H,7H2,(H,26,27). The SMILES string of the molecule is O=C(O)c1cn(Cc2cccc(C(F)(F)F)c2)c2cc(F)c(F)cc2c1=O. The Morgan fingerprint density at radius 2 is 1.74 bits per heavy atom. The first-order valence-electron chi connectivity index (χ1n) is 7.49. The van der Waals surface area contributed by atoms with Crippen LogP contribution in [0.4, 0.5) is 22.0 Å². The number of aromatic carboxylic acids is 1. The van der Waals surface area contributed by atoms with Crippen molar-refractivity contribution in [1.82, 2.24) is 4.57 Å². The van der Waals surface area contributed by atoms with Gasteiger partial charge in [-0.2, -0.15) is 13.2 Å². The van der Waals surface area contributed by atoms with Gasteiger partial charge in [-0.05, 0) is 23.8 Å². The van der Waals surface area contributed by atoms with Gasteiger partial charge in [0.25, 0.3) is 0 Å². The fourth-order valence-corrected chi connectivity index (χ4v) is 2.71. The summed E-state index contributed by atoms with van der Waals surface area (Å²) in [6, 6.07) is 5.52. The number of aromatic nitrogens is 1. The summed E-state index contributed by atoms with van der Waals surface area (Å²) in [5, 5.41) is 8.77. The zero-order chi connectivity index (χ0) is 19.9. The van der Waals surface area contributed by atoms with Crippen molar-refractivity contribution >= 4 is 16.9 Å². The number of nitrogens with zero attached hydrogens (tertiary/aromatic N) is 1. The number of carbonyl (C=O) groups is 1. The number of carboxylic acids is 1. The highest BCUT2D eigenvalue weighted by atomic mass is 19.4. The number of hydrogen-bond donors (Lipinski definition) is 1. The Morgan fingerprint density at radius 3 is 2.37 bits per heavy atom. The molecule has 0 amide bonds. The first-order valence-corrected chi connectivity index (χ1v) is 7.49. The molecule has 27 heavy (non-hydrogen) atoms. The van der Waals surface area contributed by atoms with Crippen molar-refractivity contribution in [3.63, 3.8) is 0 Å². The highest BCUT2D eigenvalue weighted by Gasteiger charge is 2.30. The van der Waals surface area contributed by atoms with Crippen LogP contribution in [-0.2, 0) is 12.7 Å². The highest BCUT2D eigenvalue weighted by Crippen LogP contribution is 2.30. The molecular weight excluding hydrogens is 373 g/mol. The molecule has 0 aliphatic heterocycles. The van der Waals surface area contributed by atoms with Crippen LogP contribution in [0, 0.1) is 11.6 Å². The molecule has 0 fully saturated rings. The predicted octanol–water partition coefficient (Wildman–Crippen LogP) is 4.05. The van der Waals surface area contributed by atoms with Crippen LogP contribution in [0.3, 0.4) is 0 Å². The molecule has 0 aliphatic rings. The van der Waals surface area contributed by atoms with E-state index in [1.165, 1.54) is 12.1 Å². The molecule has 4 nitrogen and oxygen atoms in total. The van der Waals surface area contributed by atoms with Crippen LogP contribution in [0.1, 0.15) is 21.5 Å². The predicted molar refractivity (Wildman–Crippen MR) is 85.6 cm³/mol. The minimum Gasteiger partial charge on any atom is -0.477 e. The quantitative estimate of drug-likeness (QED) is 0.695. The summed E-state index contributed by atoms with van der Waals surface area (Å²) >= 11 is 0. The largest absolute Gasteiger partial charge is 0.477 e. The minimum atomic E-state index is -4.58. The van der Waals surface area contributed by atoms with E-state index < -0.39 is 40.3 Å². The Bertz CT molecular complexity index is 1120. The van der Waals surface area contributed by atoms with Crippen molar-refractivity contribution in [1.29, 1.82) is 0 Å². The smallest absolute Gasteiger partial charge is 0.416 e. The normalized spacial score (nSPS) is 11.7. The molecule has 3 aromatic rings. The third-order valence-electron chi connectivity index (χ3n) is 3.96. The third kappa shape index (κ3) is 3.53. The van der Waals surface area contributed by atoms with Gasteiger partial charge < -0.3 is 9.67 Å². The van der Waals surface area contributed by atoms with Crippen molar-refractivity contribution < 1.29 is 31.9 Å². The maximum Gasteiger partial charge on any atom is 0.416 e. The number of carboxylic acid groups (broad SMARTS) is 1. The number of rotatable bonds is 3. The molecule has 0 saturated heterocycles. The first kappa shape index (κ1) is 18.6. The van der Waals surface area contributed by atoms with Gasteiger partial charge in [-0.3, -0.25) is 4.79 Å². The monoisotopic (exact) mass is 383 g/mol. The van der Waals surface area contributed by atoms with Crippen molar-refractivity contribution in [3.05, 3.63) is 81.1 Å². The fraction of sp³-hybridized carbons (Fsp3) is 0.111. The van der Waals surface area contributed by atoms with Crippen molar-refractivity contribution in [3.8, 4) is 0 Å². The second-order valence-electron chi connectivity index (χ2n) is 5.79. The van der Waals surface area contributed by atoms with E-state index >= 15 is 0 Å². The van der Waals surface area contributed by atoms with E-state index in [1.54, 1.807) is 0 Å². The molecule has 9 heteroatoms. The van der Waals surface area contributed by atoms with E-state index in [0.29, 0.717) is 12.1 Å². The van der Waals surface area contributed by atoms with Gasteiger partial charge in [-0.1, -0.05) is 12.1 Å². The number of fused-ring (bicyclic) bond motifs is 1. The van der Waals surface area contributed by atoms with E-state index in [4.69, 9.17) is 5.11 Å². The van der Waals surface area contributed by atoms with E-state index in [9.17, 15) is 31.5 Å². The summed E-state index contributed by atoms with van der Waals surface area (Å²) < 4.78 is 66.8. The summed E-state index contributed by atoms with van der Waals surface area (Å²) in [5.74, 6) is -4.21. The molecule has 3 rings (SSSR count). The number of pyridine rings is 1. The van der Waals surface area contributed by atoms with Gasteiger partial charge in [0.2, 0.25) is 5.43 Å². The van der Waals surface area contributed by atoms with Gasteiger partial charge in [0.05, 0.1) is 11.1 Å². The van der Waals surface area contributed by atoms with Gasteiger partial charge in [-0.25, -0.2) is 13.6 Å². The highest BCUT2D eigenvalue weighted by molar-refractivity contribution is 5.92. The molecule has 0 saturated carbocycles. The number of benzene rings is 2. The van der Waals surface area contributed by atoms with Crippen LogP contribution < -0.4 is 5.43 Å². The van der Waals surface area contributed by atoms with E-state index in [0.717, 1.165) is 22.9 Å². The molecule has 0 unspecified atom stereocenters. The Kier molecular flexibility index (Phi) is 4.46. The zero-order valence-electron chi connectivity index (χ0n) is 13.3. The molecule has 1 heterocycles. The number of halogens is 5. The van der Waals surface area contributed by atoms with E-state index in [-0.39, 0.29) is 23.0 Å². The van der Waals surface area contributed by atoms with Gasteiger partial charge in [-0.15, -0.1) is 0 Å². The number of hydrogen-bond acceptors (Lipinski definition) is 2. The lowest BCUT2D eigenvalue weighted by Gasteiger charge is -2.14. The molecule has 140 valence electrons. The van der Waals surface area contributed by atoms with Crippen LogP contribution in [-0.4, -0.2) is 15.6 Å². The molecular formula is C18H10F5NO3. The van der Waals surface area contributed by atoms with Crippen LogP contribution in [0.15, 0.2) is 47.4 Å². The summed E-state index contributed by atoms with van der Waals surface area (Å²) in [6.45, 7) is -0.286. The third-order valence-corrected chi connectivity index (χ3v) is 3.96. The topological polar surface area (TPSA) is 59.3 Å². The van der Waals surface area contributed by atoms with Crippen LogP contribution in [0.5, 0.6) is 0 Å². The molecule has 0 aliphatic carbocycles. The van der Waals surface area contributed by atoms with Gasteiger partial charge in [0.15, 0.2) is 11.6 Å². The van der Waals surface area contributed by atoms with E-state index in [2.05, 4.69) is 0 Å². The minimum absolute atomic E-state index is 0.135. The van der Waals surface area contributed by atoms with Crippen molar-refractivity contribution in [2.75, 3.05) is 0 Å². The summed E-state index contributed by atoms with van der Waals surface area (Å²) in [6.07, 6.45) is -3.69. The lowest BCUT2D eigenvalue weighted by atomic mass is 10.1. The second-order valence-corrected chi connectivity index (χ2v) is 5.79. The molecule has 0 atom stereocenters. The zero-order valence-corrected chi connectivity index (χ0v) is 13.3. The molecule has 0 spiro atoms. The maximum absolute atomic E-state index is 13.6. The second kappa shape index (κ2) is 6.49. The average molecular weight is 383 g/mol. The molecule has 1 aromatic heterocycles. The Hall–Kier alpha value is -3.23.